The van der Waals surface area contributed by atoms with E-state index in [9.17, 15) is 36.2 Å². The second-order valence-electron chi connectivity index (χ2n) is 6.64. The molecular weight excluding hydrogens is 370 g/mol. The molecule has 10 heteroatoms. The summed E-state index contributed by atoms with van der Waals surface area (Å²) in [4.78, 5) is 11.5. The molecule has 1 aliphatic carbocycles. The van der Waals surface area contributed by atoms with Crippen molar-refractivity contribution in [1.29, 1.82) is 0 Å². The molecule has 0 aromatic heterocycles. The molecule has 4 nitrogen and oxygen atoms in total. The molecule has 0 spiro atoms. The molecule has 0 bridgehead atoms. The van der Waals surface area contributed by atoms with Crippen LogP contribution in [-0.2, 0) is 14.3 Å². The van der Waals surface area contributed by atoms with Crippen LogP contribution in [0.4, 0.5) is 26.3 Å². The van der Waals surface area contributed by atoms with Crippen molar-refractivity contribution >= 4 is 5.97 Å². The quantitative estimate of drug-likeness (QED) is 0.405. The third-order valence-electron chi connectivity index (χ3n) is 4.75. The Labute approximate surface area is 147 Å². The first kappa shape index (κ1) is 22.8. The zero-order valence-corrected chi connectivity index (χ0v) is 14.8. The average molecular weight is 392 g/mol. The average Bonchev–Trinajstić information content (AvgIpc) is 3.18. The maximum Gasteiger partial charge on any atom is 0.428 e. The van der Waals surface area contributed by atoms with Crippen LogP contribution in [0, 0.1) is 5.92 Å². The number of rotatable bonds is 7. The van der Waals surface area contributed by atoms with Gasteiger partial charge in [0.25, 0.3) is 5.60 Å². The van der Waals surface area contributed by atoms with E-state index in [1.165, 1.54) is 20.8 Å². The van der Waals surface area contributed by atoms with Crippen molar-refractivity contribution in [2.45, 2.75) is 76.3 Å². The molecule has 152 valence electrons. The van der Waals surface area contributed by atoms with Crippen molar-refractivity contribution in [3.63, 3.8) is 0 Å². The summed E-state index contributed by atoms with van der Waals surface area (Å²) in [6, 6.07) is 0. The van der Waals surface area contributed by atoms with Gasteiger partial charge < -0.3 is 14.6 Å². The second-order valence-corrected chi connectivity index (χ2v) is 6.64. The van der Waals surface area contributed by atoms with Gasteiger partial charge in [-0.2, -0.15) is 26.3 Å². The predicted octanol–water partition coefficient (Wildman–Crippen LogP) is 3.92. The van der Waals surface area contributed by atoms with Gasteiger partial charge in [0.15, 0.2) is 0 Å². The monoisotopic (exact) mass is 392 g/mol. The highest BCUT2D eigenvalue weighted by Gasteiger charge is 2.75. The van der Waals surface area contributed by atoms with Gasteiger partial charge in [-0.15, -0.1) is 0 Å². The number of esters is 1. The lowest BCUT2D eigenvalue weighted by molar-refractivity contribution is -0.396. The van der Waals surface area contributed by atoms with Gasteiger partial charge in [0, 0.05) is 11.5 Å². The molecule has 0 saturated heterocycles. The van der Waals surface area contributed by atoms with Crippen LogP contribution in [0.3, 0.4) is 0 Å². The van der Waals surface area contributed by atoms with E-state index in [1.54, 1.807) is 0 Å². The van der Waals surface area contributed by atoms with Crippen molar-refractivity contribution in [1.82, 2.24) is 0 Å². The summed E-state index contributed by atoms with van der Waals surface area (Å²) in [6.45, 7) is 8.32. The van der Waals surface area contributed by atoms with Crippen LogP contribution in [0.1, 0.15) is 40.5 Å². The van der Waals surface area contributed by atoms with Gasteiger partial charge in [-0.1, -0.05) is 13.5 Å². The first-order chi connectivity index (χ1) is 11.5. The first-order valence-electron chi connectivity index (χ1n) is 7.93. The summed E-state index contributed by atoms with van der Waals surface area (Å²) in [5, 5.41) is 9.41. The molecule has 4 atom stereocenters. The van der Waals surface area contributed by atoms with Gasteiger partial charge >= 0.3 is 18.3 Å². The van der Waals surface area contributed by atoms with Gasteiger partial charge in [-0.25, -0.2) is 4.79 Å². The number of hydrogen-bond donors (Lipinski definition) is 1. The van der Waals surface area contributed by atoms with Crippen LogP contribution >= 0.6 is 0 Å². The Morgan fingerprint density at radius 3 is 2.04 bits per heavy atom. The van der Waals surface area contributed by atoms with Crippen LogP contribution < -0.4 is 0 Å². The zero-order chi connectivity index (χ0) is 20.7. The summed E-state index contributed by atoms with van der Waals surface area (Å²) in [5.41, 5.74) is -6.25. The lowest BCUT2D eigenvalue weighted by atomic mass is 9.95. The van der Waals surface area contributed by atoms with Crippen molar-refractivity contribution in [3.05, 3.63) is 12.2 Å². The molecule has 0 aromatic carbocycles. The van der Waals surface area contributed by atoms with Crippen LogP contribution in [0.25, 0.3) is 0 Å². The Kier molecular flexibility index (Phi) is 6.15. The minimum atomic E-state index is -5.97. The van der Waals surface area contributed by atoms with E-state index in [0.29, 0.717) is 6.92 Å². The van der Waals surface area contributed by atoms with Crippen LogP contribution in [0.5, 0.6) is 0 Å². The highest BCUT2D eigenvalue weighted by Crippen LogP contribution is 2.55. The third kappa shape index (κ3) is 4.00. The zero-order valence-electron chi connectivity index (χ0n) is 14.8. The molecule has 1 saturated carbocycles. The maximum absolute atomic E-state index is 12.9. The van der Waals surface area contributed by atoms with E-state index in [4.69, 9.17) is 9.47 Å². The Morgan fingerprint density at radius 1 is 1.23 bits per heavy atom. The SMILES string of the molecule is C=C(C)C(=O)OC(C)C1CC1(CC)OC(C)C(O)(C(F)(F)F)C(F)(F)F. The lowest BCUT2D eigenvalue weighted by Crippen LogP contribution is -2.64. The normalized spacial score (nSPS) is 26.2. The van der Waals surface area contributed by atoms with Crippen molar-refractivity contribution in [2.24, 2.45) is 5.92 Å². The van der Waals surface area contributed by atoms with Gasteiger partial charge in [0.2, 0.25) is 0 Å². The Morgan fingerprint density at radius 2 is 1.69 bits per heavy atom. The van der Waals surface area contributed by atoms with Crippen molar-refractivity contribution in [2.75, 3.05) is 0 Å². The van der Waals surface area contributed by atoms with Gasteiger partial charge in [0.05, 0.1) is 5.60 Å². The lowest BCUT2D eigenvalue weighted by Gasteiger charge is -2.38. The summed E-state index contributed by atoms with van der Waals surface area (Å²) in [6.07, 6.45) is -15.1. The van der Waals surface area contributed by atoms with E-state index >= 15 is 0 Å². The molecule has 0 aromatic rings. The number of halogens is 6. The minimum absolute atomic E-state index is 0.0861. The van der Waals surface area contributed by atoms with E-state index in [1.807, 2.05) is 0 Å². The summed E-state index contributed by atoms with van der Waals surface area (Å²) in [5.74, 6) is -1.31. The summed E-state index contributed by atoms with van der Waals surface area (Å²) < 4.78 is 87.8. The van der Waals surface area contributed by atoms with Gasteiger partial charge in [0.1, 0.15) is 12.2 Å². The van der Waals surface area contributed by atoms with Crippen LogP contribution in [0.15, 0.2) is 12.2 Å². The van der Waals surface area contributed by atoms with E-state index in [2.05, 4.69) is 6.58 Å². The number of carbonyl (C=O) groups is 1. The Bertz CT molecular complexity index is 542. The van der Waals surface area contributed by atoms with Crippen molar-refractivity contribution < 1.29 is 45.7 Å². The molecule has 0 aliphatic heterocycles. The number of carbonyl (C=O) groups excluding carboxylic acids is 1. The molecule has 0 amide bonds. The fourth-order valence-electron chi connectivity index (χ4n) is 2.94. The molecule has 1 aliphatic rings. The minimum Gasteiger partial charge on any atom is -0.459 e. The van der Waals surface area contributed by atoms with Crippen molar-refractivity contribution in [3.8, 4) is 0 Å². The Balaban J connectivity index is 2.98. The van der Waals surface area contributed by atoms with E-state index < -0.39 is 47.6 Å². The molecule has 0 radical (unpaired) electrons. The van der Waals surface area contributed by atoms with E-state index in [-0.39, 0.29) is 18.4 Å². The second kappa shape index (κ2) is 7.03. The van der Waals surface area contributed by atoms with E-state index in [0.717, 1.165) is 0 Å². The molecule has 1 rings (SSSR count). The topological polar surface area (TPSA) is 55.8 Å². The molecular formula is C16H22F6O4. The Hall–Kier alpha value is -1.29. The standard InChI is InChI=1S/C16H22F6O4/c1-6-13(7-11(13)9(4)25-12(23)8(2)3)26-10(5)14(24,15(17,18)19)16(20,21)22/h9-11,24H,2,6-7H2,1,3-5H3. The molecule has 4 unspecified atom stereocenters. The number of hydrogen-bond acceptors (Lipinski definition) is 4. The summed E-state index contributed by atoms with van der Waals surface area (Å²) in [7, 11) is 0. The van der Waals surface area contributed by atoms with Gasteiger partial charge in [-0.05, 0) is 33.6 Å². The molecule has 0 heterocycles. The highest BCUT2D eigenvalue weighted by atomic mass is 19.4. The fraction of sp³-hybridized carbons (Fsp3) is 0.812. The highest BCUT2D eigenvalue weighted by molar-refractivity contribution is 5.87. The largest absolute Gasteiger partial charge is 0.459 e. The van der Waals surface area contributed by atoms with Crippen LogP contribution in [0.2, 0.25) is 0 Å². The first-order valence-corrected chi connectivity index (χ1v) is 7.93. The number of alkyl halides is 6. The molecule has 1 N–H and O–H groups in total. The van der Waals surface area contributed by atoms with Gasteiger partial charge in [-0.3, -0.25) is 0 Å². The molecule has 1 fully saturated rings. The number of aliphatic hydroxyl groups is 1. The smallest absolute Gasteiger partial charge is 0.428 e. The summed E-state index contributed by atoms with van der Waals surface area (Å²) >= 11 is 0. The molecule has 26 heavy (non-hydrogen) atoms. The van der Waals surface area contributed by atoms with Crippen LogP contribution in [-0.4, -0.2) is 46.8 Å². The fourth-order valence-corrected chi connectivity index (χ4v) is 2.94. The number of ether oxygens (including phenoxy) is 2. The third-order valence-corrected chi connectivity index (χ3v) is 4.75. The predicted molar refractivity (Wildman–Crippen MR) is 79.1 cm³/mol. The maximum atomic E-state index is 12.9.